The van der Waals surface area contributed by atoms with E-state index in [1.807, 2.05) is 0 Å². The van der Waals surface area contributed by atoms with E-state index in [1.165, 1.54) is 5.06 Å². The first-order chi connectivity index (χ1) is 10.5. The third-order valence-electron chi connectivity index (χ3n) is 3.33. The number of nitrogens with zero attached hydrogens (tertiary/aromatic N) is 1. The molecule has 0 N–H and O–H groups in total. The van der Waals surface area contributed by atoms with Crippen molar-refractivity contribution in [2.45, 2.75) is 15.2 Å². The Balaban J connectivity index is 1.76. The molecule has 2 aromatic carbocycles. The summed E-state index contributed by atoms with van der Waals surface area (Å²) in [6.45, 7) is 0.294. The second-order valence-corrected chi connectivity index (χ2v) is 8.36. The van der Waals surface area contributed by atoms with Crippen LogP contribution in [0.1, 0.15) is 0 Å². The average molecular weight is 337 g/mol. The lowest BCUT2D eigenvalue weighted by Crippen LogP contribution is -2.17. The lowest BCUT2D eigenvalue weighted by Gasteiger charge is -2.11. The minimum atomic E-state index is -3.44. The molecule has 1 heterocycles. The van der Waals surface area contributed by atoms with Crippen molar-refractivity contribution in [3.8, 4) is 5.75 Å². The molecule has 1 saturated heterocycles. The van der Waals surface area contributed by atoms with E-state index >= 15 is 0 Å². The van der Waals surface area contributed by atoms with Gasteiger partial charge >= 0.3 is 0 Å². The molecular weight excluding hydrogens is 322 g/mol. The summed E-state index contributed by atoms with van der Waals surface area (Å²) in [7, 11) is -3.44. The van der Waals surface area contributed by atoms with Gasteiger partial charge in [-0.15, -0.1) is 5.06 Å². The Hall–Kier alpha value is -1.54. The predicted octanol–water partition coefficient (Wildman–Crippen LogP) is 1.83. The van der Waals surface area contributed by atoms with Gasteiger partial charge in [0.05, 0.1) is 11.4 Å². The predicted molar refractivity (Wildman–Crippen MR) is 83.5 cm³/mol. The van der Waals surface area contributed by atoms with Gasteiger partial charge in [0, 0.05) is 0 Å². The van der Waals surface area contributed by atoms with Gasteiger partial charge in [-0.25, -0.2) is 8.42 Å². The first-order valence-corrected chi connectivity index (χ1v) is 9.76. The number of sulfone groups is 1. The van der Waals surface area contributed by atoms with Crippen LogP contribution in [0, 0.1) is 0 Å². The Kier molecular flexibility index (Phi) is 4.14. The van der Waals surface area contributed by atoms with E-state index in [0.29, 0.717) is 17.2 Å². The fourth-order valence-electron chi connectivity index (χ4n) is 2.11. The summed E-state index contributed by atoms with van der Waals surface area (Å²) in [5, 5.41) is 0.682. The minimum absolute atomic E-state index is 0.276. The Morgan fingerprint density at radius 3 is 2.45 bits per heavy atom. The van der Waals surface area contributed by atoms with Gasteiger partial charge in [-0.3, -0.25) is 0 Å². The second-order valence-electron chi connectivity index (χ2n) is 4.90. The van der Waals surface area contributed by atoms with Crippen molar-refractivity contribution in [2.24, 2.45) is 0 Å². The Morgan fingerprint density at radius 2 is 1.77 bits per heavy atom. The van der Waals surface area contributed by atoms with Gasteiger partial charge in [-0.1, -0.05) is 30.3 Å². The van der Waals surface area contributed by atoms with E-state index in [4.69, 9.17) is 4.84 Å². The normalized spacial score (nSPS) is 22.1. The van der Waals surface area contributed by atoms with Crippen molar-refractivity contribution in [1.82, 2.24) is 5.06 Å². The lowest BCUT2D eigenvalue weighted by atomic mass is 10.3. The van der Waals surface area contributed by atoms with E-state index in [9.17, 15) is 13.0 Å². The summed E-state index contributed by atoms with van der Waals surface area (Å²) in [6.07, 6.45) is 1.56. The van der Waals surface area contributed by atoms with Crippen LogP contribution < -0.4 is 4.84 Å². The SMILES string of the molecule is C[S+]([O-])c1ccccc1ON1CC1S(=O)(=O)c1ccccc1. The van der Waals surface area contributed by atoms with Gasteiger partial charge in [0.25, 0.3) is 0 Å². The lowest BCUT2D eigenvalue weighted by molar-refractivity contribution is 0.0594. The van der Waals surface area contributed by atoms with Crippen LogP contribution in [0.4, 0.5) is 0 Å². The molecule has 2 aromatic rings. The summed E-state index contributed by atoms with van der Waals surface area (Å²) >= 11 is -1.20. The number of rotatable bonds is 5. The third kappa shape index (κ3) is 2.98. The molecule has 116 valence electrons. The molecule has 1 aliphatic heterocycles. The molecule has 22 heavy (non-hydrogen) atoms. The molecule has 0 aliphatic carbocycles. The summed E-state index contributed by atoms with van der Waals surface area (Å²) in [4.78, 5) is 6.42. The minimum Gasteiger partial charge on any atom is -0.612 e. The van der Waals surface area contributed by atoms with Crippen LogP contribution >= 0.6 is 0 Å². The molecule has 0 spiro atoms. The fourth-order valence-corrected chi connectivity index (χ4v) is 4.32. The molecular formula is C15H15NO4S2. The Morgan fingerprint density at radius 1 is 1.14 bits per heavy atom. The van der Waals surface area contributed by atoms with Gasteiger partial charge in [0.2, 0.25) is 5.75 Å². The maximum Gasteiger partial charge on any atom is 0.202 e. The first-order valence-electron chi connectivity index (χ1n) is 6.66. The molecule has 1 aliphatic rings. The van der Waals surface area contributed by atoms with E-state index in [2.05, 4.69) is 0 Å². The highest BCUT2D eigenvalue weighted by Crippen LogP contribution is 2.33. The van der Waals surface area contributed by atoms with Crippen LogP contribution in [0.2, 0.25) is 0 Å². The number of hydrogen-bond acceptors (Lipinski definition) is 5. The van der Waals surface area contributed by atoms with Crippen LogP contribution in [0.3, 0.4) is 0 Å². The maximum atomic E-state index is 12.4. The van der Waals surface area contributed by atoms with Crippen LogP contribution in [0.15, 0.2) is 64.4 Å². The Bertz CT molecular complexity index is 762. The molecule has 3 rings (SSSR count). The van der Waals surface area contributed by atoms with E-state index < -0.39 is 26.4 Å². The van der Waals surface area contributed by atoms with Gasteiger partial charge in [0.1, 0.15) is 6.26 Å². The third-order valence-corrected chi connectivity index (χ3v) is 6.31. The molecule has 0 bridgehead atoms. The molecule has 0 saturated carbocycles. The number of hydrogen-bond donors (Lipinski definition) is 0. The standard InChI is InChI=1S/C15H15NO4S2/c1-21(17)14-10-6-5-9-13(14)20-16-11-15(16)22(18,19)12-7-3-2-4-8-12/h2-10,15H,11H2,1H3. The van der Waals surface area contributed by atoms with Gasteiger partial charge in [-0.2, -0.15) is 0 Å². The molecule has 1 fully saturated rings. The molecule has 0 amide bonds. The summed E-state index contributed by atoms with van der Waals surface area (Å²) in [6, 6.07) is 15.2. The average Bonchev–Trinajstić information content (AvgIpc) is 3.28. The zero-order valence-corrected chi connectivity index (χ0v) is 13.5. The van der Waals surface area contributed by atoms with Crippen LogP contribution in [-0.2, 0) is 21.0 Å². The van der Waals surface area contributed by atoms with Crippen molar-refractivity contribution < 1.29 is 17.8 Å². The van der Waals surface area contributed by atoms with Gasteiger partial charge in [0.15, 0.2) is 20.1 Å². The molecule has 0 aromatic heterocycles. The zero-order chi connectivity index (χ0) is 15.7. The van der Waals surface area contributed by atoms with Crippen LogP contribution in [-0.4, -0.2) is 36.2 Å². The zero-order valence-electron chi connectivity index (χ0n) is 11.9. The first kappa shape index (κ1) is 15.4. The highest BCUT2D eigenvalue weighted by molar-refractivity contribution is 7.92. The summed E-state index contributed by atoms with van der Waals surface area (Å²) < 4.78 is 36.5. The van der Waals surface area contributed by atoms with E-state index in [0.717, 1.165) is 0 Å². The smallest absolute Gasteiger partial charge is 0.202 e. The molecule has 5 nitrogen and oxygen atoms in total. The fraction of sp³-hybridized carbons (Fsp3) is 0.200. The van der Waals surface area contributed by atoms with E-state index in [-0.39, 0.29) is 4.90 Å². The summed E-state index contributed by atoms with van der Waals surface area (Å²) in [5.74, 6) is 0.425. The van der Waals surface area contributed by atoms with Crippen LogP contribution in [0.25, 0.3) is 0 Å². The molecule has 7 heteroatoms. The topological polar surface area (TPSA) is 69.4 Å². The second kappa shape index (κ2) is 5.92. The van der Waals surface area contributed by atoms with Crippen molar-refractivity contribution in [2.75, 3.05) is 12.8 Å². The van der Waals surface area contributed by atoms with E-state index in [1.54, 1.807) is 60.9 Å². The van der Waals surface area contributed by atoms with Crippen LogP contribution in [0.5, 0.6) is 5.75 Å². The Labute approximate surface area is 132 Å². The largest absolute Gasteiger partial charge is 0.612 e. The number of benzene rings is 2. The molecule has 0 radical (unpaired) electrons. The molecule has 3 unspecified atom stereocenters. The van der Waals surface area contributed by atoms with Crippen molar-refractivity contribution >= 4 is 21.0 Å². The monoisotopic (exact) mass is 337 g/mol. The number of para-hydroxylation sites is 1. The van der Waals surface area contributed by atoms with Gasteiger partial charge in [-0.05, 0) is 35.4 Å². The highest BCUT2D eigenvalue weighted by atomic mass is 32.2. The molecule has 3 atom stereocenters. The number of hydroxylamine groups is 2. The van der Waals surface area contributed by atoms with Gasteiger partial charge < -0.3 is 9.39 Å². The van der Waals surface area contributed by atoms with Crippen molar-refractivity contribution in [3.05, 3.63) is 54.6 Å². The quantitative estimate of drug-likeness (QED) is 0.615. The maximum absolute atomic E-state index is 12.4. The summed E-state index contributed by atoms with van der Waals surface area (Å²) in [5.41, 5.74) is 0. The van der Waals surface area contributed by atoms with Crippen molar-refractivity contribution in [1.29, 1.82) is 0 Å². The highest BCUT2D eigenvalue weighted by Gasteiger charge is 2.49. The van der Waals surface area contributed by atoms with Crippen molar-refractivity contribution in [3.63, 3.8) is 0 Å².